The number of nitrogens with zero attached hydrogens (tertiary/aromatic N) is 1. The van der Waals surface area contributed by atoms with Gasteiger partial charge in [-0.3, -0.25) is 0 Å². The van der Waals surface area contributed by atoms with Crippen LogP contribution in [0.3, 0.4) is 0 Å². The van der Waals surface area contributed by atoms with Gasteiger partial charge in [0.2, 0.25) is 0 Å². The standard InChI is InChI=1S/C11H11NOS.C2H6/c1-7-12-9-4-5-10-8(11(9)14-7)3-2-6-13-10;1-2/h4-5H,2-3,6H2,1H3;1-2H3. The normalized spacial score (nSPS) is 13.7. The molecule has 86 valence electrons. The first-order valence-electron chi connectivity index (χ1n) is 5.86. The quantitative estimate of drug-likeness (QED) is 0.689. The van der Waals surface area contributed by atoms with Crippen LogP contribution in [0.25, 0.3) is 10.2 Å². The molecule has 2 nitrogen and oxygen atoms in total. The van der Waals surface area contributed by atoms with E-state index in [1.807, 2.05) is 13.8 Å². The maximum atomic E-state index is 5.62. The van der Waals surface area contributed by atoms with Gasteiger partial charge < -0.3 is 4.74 Å². The van der Waals surface area contributed by atoms with Crippen LogP contribution >= 0.6 is 11.3 Å². The number of hydrogen-bond donors (Lipinski definition) is 0. The molecule has 1 aliphatic heterocycles. The number of ether oxygens (including phenoxy) is 1. The second kappa shape index (κ2) is 4.83. The lowest BCUT2D eigenvalue weighted by Gasteiger charge is -2.16. The zero-order chi connectivity index (χ0) is 11.5. The van der Waals surface area contributed by atoms with Crippen LogP contribution in [0.4, 0.5) is 0 Å². The van der Waals surface area contributed by atoms with Crippen molar-refractivity contribution < 1.29 is 4.74 Å². The molecular formula is C13H17NOS. The first-order valence-corrected chi connectivity index (χ1v) is 6.68. The van der Waals surface area contributed by atoms with Crippen LogP contribution in [0.1, 0.15) is 30.8 Å². The van der Waals surface area contributed by atoms with Gasteiger partial charge in [-0.25, -0.2) is 4.98 Å². The Morgan fingerprint density at radius 3 is 2.94 bits per heavy atom. The largest absolute Gasteiger partial charge is 0.493 e. The third-order valence-corrected chi connectivity index (χ3v) is 3.60. The van der Waals surface area contributed by atoms with Crippen molar-refractivity contribution in [3.05, 3.63) is 22.7 Å². The van der Waals surface area contributed by atoms with Crippen LogP contribution in [0.15, 0.2) is 12.1 Å². The number of fused-ring (bicyclic) bond motifs is 3. The topological polar surface area (TPSA) is 22.1 Å². The van der Waals surface area contributed by atoms with Gasteiger partial charge in [-0.2, -0.15) is 0 Å². The third-order valence-electron chi connectivity index (χ3n) is 2.55. The highest BCUT2D eigenvalue weighted by atomic mass is 32.1. The Kier molecular flexibility index (Phi) is 3.44. The van der Waals surface area contributed by atoms with E-state index in [-0.39, 0.29) is 0 Å². The Bertz CT molecular complexity index is 490. The maximum absolute atomic E-state index is 5.62. The molecule has 0 spiro atoms. The van der Waals surface area contributed by atoms with Crippen LogP contribution in [-0.4, -0.2) is 11.6 Å². The molecule has 1 aromatic carbocycles. The summed E-state index contributed by atoms with van der Waals surface area (Å²) in [7, 11) is 0. The molecule has 1 aromatic heterocycles. The smallest absolute Gasteiger partial charge is 0.124 e. The molecule has 0 saturated heterocycles. The summed E-state index contributed by atoms with van der Waals surface area (Å²) < 4.78 is 6.94. The lowest BCUT2D eigenvalue weighted by molar-refractivity contribution is 0.289. The van der Waals surface area contributed by atoms with Crippen molar-refractivity contribution in [1.82, 2.24) is 4.98 Å². The second-order valence-electron chi connectivity index (χ2n) is 3.58. The molecular weight excluding hydrogens is 218 g/mol. The molecule has 1 aliphatic rings. The Balaban J connectivity index is 0.000000457. The molecule has 0 atom stereocenters. The highest BCUT2D eigenvalue weighted by molar-refractivity contribution is 7.18. The van der Waals surface area contributed by atoms with Crippen molar-refractivity contribution in [2.24, 2.45) is 0 Å². The van der Waals surface area contributed by atoms with E-state index in [0.717, 1.165) is 35.7 Å². The Hall–Kier alpha value is -1.09. The van der Waals surface area contributed by atoms with Gasteiger partial charge in [0, 0.05) is 5.56 Å². The van der Waals surface area contributed by atoms with E-state index in [1.165, 1.54) is 10.3 Å². The lowest BCUT2D eigenvalue weighted by atomic mass is 10.1. The average molecular weight is 235 g/mol. The summed E-state index contributed by atoms with van der Waals surface area (Å²) >= 11 is 1.78. The summed E-state index contributed by atoms with van der Waals surface area (Å²) in [6.07, 6.45) is 2.26. The van der Waals surface area contributed by atoms with Gasteiger partial charge >= 0.3 is 0 Å². The molecule has 2 aromatic rings. The van der Waals surface area contributed by atoms with Crippen LogP contribution in [0.2, 0.25) is 0 Å². The van der Waals surface area contributed by atoms with Gasteiger partial charge in [0.1, 0.15) is 5.75 Å². The summed E-state index contributed by atoms with van der Waals surface area (Å²) in [6, 6.07) is 4.11. The molecule has 3 rings (SSSR count). The van der Waals surface area contributed by atoms with E-state index in [1.54, 1.807) is 11.3 Å². The molecule has 0 fully saturated rings. The van der Waals surface area contributed by atoms with Crippen LogP contribution in [0.5, 0.6) is 5.75 Å². The molecule has 2 heterocycles. The summed E-state index contributed by atoms with van der Waals surface area (Å²) in [4.78, 5) is 4.48. The van der Waals surface area contributed by atoms with E-state index in [0.29, 0.717) is 0 Å². The minimum atomic E-state index is 0.857. The van der Waals surface area contributed by atoms with Crippen molar-refractivity contribution in [2.75, 3.05) is 6.61 Å². The number of aromatic nitrogens is 1. The Morgan fingerprint density at radius 1 is 1.31 bits per heavy atom. The van der Waals surface area contributed by atoms with Crippen molar-refractivity contribution >= 4 is 21.6 Å². The highest BCUT2D eigenvalue weighted by Gasteiger charge is 2.15. The monoisotopic (exact) mass is 235 g/mol. The van der Waals surface area contributed by atoms with Gasteiger partial charge in [-0.15, -0.1) is 11.3 Å². The minimum absolute atomic E-state index is 0.857. The fraction of sp³-hybridized carbons (Fsp3) is 0.462. The van der Waals surface area contributed by atoms with Gasteiger partial charge in [0.15, 0.2) is 0 Å². The van der Waals surface area contributed by atoms with Crippen LogP contribution in [0, 0.1) is 6.92 Å². The van der Waals surface area contributed by atoms with Crippen LogP contribution < -0.4 is 4.74 Å². The van der Waals surface area contributed by atoms with Gasteiger partial charge in [0.25, 0.3) is 0 Å². The third kappa shape index (κ3) is 1.92. The van der Waals surface area contributed by atoms with E-state index >= 15 is 0 Å². The minimum Gasteiger partial charge on any atom is -0.493 e. The summed E-state index contributed by atoms with van der Waals surface area (Å²) in [5, 5.41) is 1.14. The SMILES string of the molecule is CC.Cc1nc2ccc3c(c2s1)CCCO3. The average Bonchev–Trinajstić information content (AvgIpc) is 2.72. The molecule has 0 saturated carbocycles. The number of hydrogen-bond acceptors (Lipinski definition) is 3. The van der Waals surface area contributed by atoms with E-state index in [2.05, 4.69) is 24.0 Å². The number of rotatable bonds is 0. The Morgan fingerprint density at radius 2 is 2.12 bits per heavy atom. The fourth-order valence-electron chi connectivity index (χ4n) is 1.94. The first kappa shape index (κ1) is 11.4. The van der Waals surface area contributed by atoms with Crippen molar-refractivity contribution in [1.29, 1.82) is 0 Å². The summed E-state index contributed by atoms with van der Waals surface area (Å²) in [5.74, 6) is 1.06. The van der Waals surface area contributed by atoms with Gasteiger partial charge in [-0.1, -0.05) is 13.8 Å². The van der Waals surface area contributed by atoms with Crippen molar-refractivity contribution in [3.63, 3.8) is 0 Å². The molecule has 0 amide bonds. The van der Waals surface area contributed by atoms with Crippen molar-refractivity contribution in [2.45, 2.75) is 33.6 Å². The fourth-order valence-corrected chi connectivity index (χ4v) is 2.93. The molecule has 0 aliphatic carbocycles. The van der Waals surface area contributed by atoms with Crippen molar-refractivity contribution in [3.8, 4) is 5.75 Å². The zero-order valence-corrected chi connectivity index (χ0v) is 10.9. The first-order chi connectivity index (χ1) is 7.84. The summed E-state index contributed by atoms with van der Waals surface area (Å²) in [5.41, 5.74) is 2.48. The molecule has 0 bridgehead atoms. The second-order valence-corrected chi connectivity index (χ2v) is 4.78. The van der Waals surface area contributed by atoms with E-state index in [4.69, 9.17) is 4.74 Å². The van der Waals surface area contributed by atoms with Gasteiger partial charge in [-0.05, 0) is 31.9 Å². The number of thiazole rings is 1. The molecule has 16 heavy (non-hydrogen) atoms. The predicted octanol–water partition coefficient (Wildman–Crippen LogP) is 3.96. The van der Waals surface area contributed by atoms with E-state index in [9.17, 15) is 0 Å². The Labute approximate surface area is 100 Å². The summed E-state index contributed by atoms with van der Waals surface area (Å²) in [6.45, 7) is 6.91. The lowest BCUT2D eigenvalue weighted by Crippen LogP contribution is -2.07. The molecule has 0 N–H and O–H groups in total. The maximum Gasteiger partial charge on any atom is 0.124 e. The predicted molar refractivity (Wildman–Crippen MR) is 69.5 cm³/mol. The molecule has 0 radical (unpaired) electrons. The zero-order valence-electron chi connectivity index (χ0n) is 10.0. The highest BCUT2D eigenvalue weighted by Crippen LogP contribution is 2.34. The van der Waals surface area contributed by atoms with E-state index < -0.39 is 0 Å². The molecule has 0 unspecified atom stereocenters. The number of benzene rings is 1. The number of aryl methyl sites for hydroxylation is 2. The van der Waals surface area contributed by atoms with Gasteiger partial charge in [0.05, 0.1) is 21.8 Å². The van der Waals surface area contributed by atoms with Crippen LogP contribution in [-0.2, 0) is 6.42 Å². The molecule has 3 heteroatoms.